The van der Waals surface area contributed by atoms with Crippen molar-refractivity contribution < 1.29 is 8.60 Å². The van der Waals surface area contributed by atoms with Crippen LogP contribution in [-0.2, 0) is 9.71 Å². The Labute approximate surface area is 181 Å². The molecule has 0 aliphatic rings. The number of nitrogens with zero attached hydrogens (tertiary/aromatic N) is 3. The summed E-state index contributed by atoms with van der Waals surface area (Å²) in [5, 5.41) is 0. The third-order valence-corrected chi connectivity index (χ3v) is 6.42. The molecule has 1 aromatic heterocycles. The van der Waals surface area contributed by atoms with Crippen LogP contribution in [0.25, 0.3) is 17.3 Å². The minimum atomic E-state index is -2.52. The highest BCUT2D eigenvalue weighted by atomic mass is 32.2. The van der Waals surface area contributed by atoms with E-state index >= 15 is 0 Å². The Morgan fingerprint density at radius 3 is 2.37 bits per heavy atom. The molecule has 2 atom stereocenters. The van der Waals surface area contributed by atoms with Gasteiger partial charge in [0.25, 0.3) is 0 Å². The lowest BCUT2D eigenvalue weighted by atomic mass is 9.96. The van der Waals surface area contributed by atoms with E-state index in [1.807, 2.05) is 0 Å². The summed E-state index contributed by atoms with van der Waals surface area (Å²) in [4.78, 5) is 9.50. The Morgan fingerprint density at radius 1 is 1.20 bits per heavy atom. The van der Waals surface area contributed by atoms with Crippen LogP contribution in [0.15, 0.2) is 30.3 Å². The van der Waals surface area contributed by atoms with Gasteiger partial charge in [-0.2, -0.15) is 0 Å². The van der Waals surface area contributed by atoms with Crippen molar-refractivity contribution in [3.8, 4) is 11.3 Å². The maximum Gasteiger partial charge on any atom is 0.237 e. The molecule has 164 valence electrons. The number of allylic oxidation sites excluding steroid dienone is 1. The normalized spacial score (nSPS) is 14.8. The first-order chi connectivity index (χ1) is 14.0. The monoisotopic (exact) mass is 431 g/mol. The molecule has 1 aromatic carbocycles. The van der Waals surface area contributed by atoms with E-state index in [1.54, 1.807) is 25.4 Å². The zero-order valence-electron chi connectivity index (χ0n) is 19.0. The highest BCUT2D eigenvalue weighted by molar-refractivity contribution is 8.00. The molecular formula is C24H34FN3OS. The van der Waals surface area contributed by atoms with Crippen LogP contribution in [-0.4, -0.2) is 33.4 Å². The first-order valence-corrected chi connectivity index (χ1v) is 12.6. The highest BCUT2D eigenvalue weighted by Crippen LogP contribution is 2.32. The molecule has 0 aliphatic heterocycles. The second-order valence-corrected chi connectivity index (χ2v) is 10.7. The highest BCUT2D eigenvalue weighted by Gasteiger charge is 2.20. The summed E-state index contributed by atoms with van der Waals surface area (Å²) >= 11 is 0. The van der Waals surface area contributed by atoms with E-state index in [9.17, 15) is 8.60 Å². The zero-order valence-corrected chi connectivity index (χ0v) is 19.8. The minimum Gasteiger partial charge on any atom is -0.271 e. The van der Waals surface area contributed by atoms with E-state index in [0.717, 1.165) is 23.2 Å². The van der Waals surface area contributed by atoms with Gasteiger partial charge in [0.2, 0.25) is 5.95 Å². The van der Waals surface area contributed by atoms with Gasteiger partial charge in [0, 0.05) is 34.1 Å². The third kappa shape index (κ3) is 6.14. The average molecular weight is 432 g/mol. The van der Waals surface area contributed by atoms with Crippen LogP contribution in [0.1, 0.15) is 64.1 Å². The van der Waals surface area contributed by atoms with E-state index in [4.69, 9.17) is 9.97 Å². The fourth-order valence-electron chi connectivity index (χ4n) is 3.10. The Morgan fingerprint density at radius 2 is 1.83 bits per heavy atom. The number of hydrogen-bond donors (Lipinski definition) is 0. The fraction of sp³-hybridized carbons (Fsp3) is 0.458. The number of hydrogen-bond acceptors (Lipinski definition) is 3. The predicted molar refractivity (Wildman–Crippen MR) is 129 cm³/mol. The summed E-state index contributed by atoms with van der Waals surface area (Å²) in [5.41, 5.74) is 3.29. The quantitative estimate of drug-likeness (QED) is 0.461. The maximum atomic E-state index is 13.5. The van der Waals surface area contributed by atoms with Crippen molar-refractivity contribution in [2.45, 2.75) is 52.9 Å². The lowest BCUT2D eigenvalue weighted by Gasteiger charge is -2.22. The van der Waals surface area contributed by atoms with Crippen molar-refractivity contribution in [3.63, 3.8) is 0 Å². The van der Waals surface area contributed by atoms with Crippen molar-refractivity contribution in [2.75, 3.05) is 17.6 Å². The van der Waals surface area contributed by atoms with E-state index in [-0.39, 0.29) is 11.7 Å². The van der Waals surface area contributed by atoms with Gasteiger partial charge in [0.15, 0.2) is 0 Å². The molecule has 4 nitrogen and oxygen atoms in total. The summed E-state index contributed by atoms with van der Waals surface area (Å²) < 4.78 is 27.6. The standard InChI is InChI=1S/C24H34FN3OS/c1-8-9-10-18(4)11-16-21-22(17(2)3)26-24(28(5)30(6,7)29)27-23(21)19-12-14-20(25)15-13-19/h11-18H,6,8-10H2,1-5,7H3/b16-11+/t18-,30?/m0/s1. The van der Waals surface area contributed by atoms with E-state index in [0.29, 0.717) is 17.6 Å². The summed E-state index contributed by atoms with van der Waals surface area (Å²) in [6.45, 7) is 8.55. The van der Waals surface area contributed by atoms with Crippen LogP contribution >= 0.6 is 0 Å². The van der Waals surface area contributed by atoms with Crippen LogP contribution in [0.3, 0.4) is 0 Å². The molecule has 0 spiro atoms. The molecule has 2 aromatic rings. The number of aromatic nitrogens is 2. The topological polar surface area (TPSA) is 46.1 Å². The van der Waals surface area contributed by atoms with Gasteiger partial charge < -0.3 is 0 Å². The smallest absolute Gasteiger partial charge is 0.237 e. The summed E-state index contributed by atoms with van der Waals surface area (Å²) in [5.74, 6) is 4.38. The molecule has 1 unspecified atom stereocenters. The second kappa shape index (κ2) is 10.2. The van der Waals surface area contributed by atoms with Gasteiger partial charge in [-0.15, -0.1) is 0 Å². The van der Waals surface area contributed by atoms with Gasteiger partial charge in [-0.25, -0.2) is 18.6 Å². The Hall–Kier alpha value is -2.21. The van der Waals surface area contributed by atoms with Crippen molar-refractivity contribution in [2.24, 2.45) is 5.92 Å². The van der Waals surface area contributed by atoms with Gasteiger partial charge in [-0.1, -0.05) is 52.7 Å². The van der Waals surface area contributed by atoms with E-state index < -0.39 is 9.71 Å². The van der Waals surface area contributed by atoms with Gasteiger partial charge in [0.05, 0.1) is 11.4 Å². The van der Waals surface area contributed by atoms with Crippen molar-refractivity contribution in [3.05, 3.63) is 47.4 Å². The Kier molecular flexibility index (Phi) is 8.18. The molecule has 0 radical (unpaired) electrons. The molecule has 0 aliphatic carbocycles. The van der Waals surface area contributed by atoms with Gasteiger partial charge >= 0.3 is 0 Å². The molecule has 30 heavy (non-hydrogen) atoms. The van der Waals surface area contributed by atoms with Gasteiger partial charge in [0.1, 0.15) is 5.82 Å². The first-order valence-electron chi connectivity index (χ1n) is 10.5. The van der Waals surface area contributed by atoms with Crippen LogP contribution < -0.4 is 4.31 Å². The Bertz CT molecular complexity index is 982. The molecule has 0 amide bonds. The summed E-state index contributed by atoms with van der Waals surface area (Å²) in [7, 11) is -0.836. The van der Waals surface area contributed by atoms with Gasteiger partial charge in [-0.3, -0.25) is 4.31 Å². The van der Waals surface area contributed by atoms with Crippen molar-refractivity contribution in [1.29, 1.82) is 0 Å². The number of rotatable bonds is 9. The minimum absolute atomic E-state index is 0.127. The van der Waals surface area contributed by atoms with Crippen LogP contribution in [0.2, 0.25) is 0 Å². The van der Waals surface area contributed by atoms with Crippen LogP contribution in [0, 0.1) is 11.7 Å². The summed E-state index contributed by atoms with van der Waals surface area (Å²) in [6.07, 6.45) is 9.32. The SMILES string of the molecule is C=S(C)(=O)N(C)c1nc(-c2ccc(F)cc2)c(/C=C/[C@@H](C)CCCC)c(C(C)C)n1. The second-order valence-electron chi connectivity index (χ2n) is 8.27. The number of halogens is 1. The first kappa shape index (κ1) is 24.1. The third-order valence-electron chi connectivity index (χ3n) is 5.09. The van der Waals surface area contributed by atoms with Crippen molar-refractivity contribution in [1.82, 2.24) is 9.97 Å². The number of anilines is 1. The Balaban J connectivity index is 2.70. The number of unbranched alkanes of at least 4 members (excludes halogenated alkanes) is 1. The van der Waals surface area contributed by atoms with Crippen LogP contribution in [0.4, 0.5) is 10.3 Å². The molecule has 0 bridgehead atoms. The van der Waals surface area contributed by atoms with Crippen LogP contribution in [0.5, 0.6) is 0 Å². The largest absolute Gasteiger partial charge is 0.271 e. The lowest BCUT2D eigenvalue weighted by molar-refractivity contribution is 0.600. The van der Waals surface area contributed by atoms with Gasteiger partial charge in [-0.05, 0) is 48.4 Å². The zero-order chi connectivity index (χ0) is 22.5. The molecule has 1 heterocycles. The molecule has 0 N–H and O–H groups in total. The molecule has 0 saturated heterocycles. The molecular weight excluding hydrogens is 397 g/mol. The maximum absolute atomic E-state index is 13.5. The van der Waals surface area contributed by atoms with E-state index in [1.165, 1.54) is 29.3 Å². The van der Waals surface area contributed by atoms with Crippen molar-refractivity contribution >= 4 is 27.6 Å². The lowest BCUT2D eigenvalue weighted by Crippen LogP contribution is -2.27. The molecule has 6 heteroatoms. The summed E-state index contributed by atoms with van der Waals surface area (Å²) in [6, 6.07) is 6.29. The average Bonchev–Trinajstić information content (AvgIpc) is 2.69. The molecule has 0 saturated carbocycles. The van der Waals surface area contributed by atoms with E-state index in [2.05, 4.69) is 45.7 Å². The molecule has 0 fully saturated rings. The fourth-order valence-corrected chi connectivity index (χ4v) is 3.53. The predicted octanol–water partition coefficient (Wildman–Crippen LogP) is 5.94. The molecule has 2 rings (SSSR count). The number of benzene rings is 1.